The molecule has 3 amide bonds. The van der Waals surface area contributed by atoms with Crippen molar-refractivity contribution >= 4 is 17.7 Å². The number of carbonyl (C=O) groups is 3. The van der Waals surface area contributed by atoms with Gasteiger partial charge in [0.1, 0.15) is 23.4 Å². The maximum absolute atomic E-state index is 14.2. The molecule has 2 fully saturated rings. The van der Waals surface area contributed by atoms with E-state index in [9.17, 15) is 23.2 Å². The third-order valence-electron chi connectivity index (χ3n) is 6.81. The van der Waals surface area contributed by atoms with Crippen molar-refractivity contribution in [3.8, 4) is 0 Å². The first-order valence-electron chi connectivity index (χ1n) is 11.8. The molecular formula is C26H29F2N3O4. The first-order valence-corrected chi connectivity index (χ1v) is 11.8. The topological polar surface area (TPSA) is 79.0 Å². The lowest BCUT2D eigenvalue weighted by molar-refractivity contribution is -0.128. The number of rotatable bonds is 5. The van der Waals surface area contributed by atoms with Gasteiger partial charge in [0, 0.05) is 37.5 Å². The molecule has 1 N–H and O–H groups in total. The van der Waals surface area contributed by atoms with Crippen LogP contribution < -0.4 is 5.32 Å². The van der Waals surface area contributed by atoms with Crippen LogP contribution in [0, 0.1) is 11.6 Å². The van der Waals surface area contributed by atoms with Gasteiger partial charge in [0.05, 0.1) is 12.2 Å². The predicted molar refractivity (Wildman–Crippen MR) is 124 cm³/mol. The van der Waals surface area contributed by atoms with E-state index in [2.05, 4.69) is 5.32 Å². The Morgan fingerprint density at radius 1 is 1.06 bits per heavy atom. The van der Waals surface area contributed by atoms with Gasteiger partial charge in [-0.15, -0.1) is 0 Å². The fourth-order valence-corrected chi connectivity index (χ4v) is 4.60. The molecule has 1 spiro atoms. The highest BCUT2D eigenvalue weighted by Gasteiger charge is 2.54. The van der Waals surface area contributed by atoms with Crippen LogP contribution in [-0.4, -0.2) is 65.0 Å². The van der Waals surface area contributed by atoms with Crippen molar-refractivity contribution in [1.82, 2.24) is 15.1 Å². The van der Waals surface area contributed by atoms with E-state index in [1.165, 1.54) is 52.3 Å². The minimum atomic E-state index is -1.10. The van der Waals surface area contributed by atoms with Crippen molar-refractivity contribution in [3.63, 3.8) is 0 Å². The summed E-state index contributed by atoms with van der Waals surface area (Å²) in [5.41, 5.74) is -0.877. The number of hydrogen-bond donors (Lipinski definition) is 1. The average molecular weight is 486 g/mol. The van der Waals surface area contributed by atoms with Crippen molar-refractivity contribution in [3.05, 3.63) is 71.3 Å². The third kappa shape index (κ3) is 4.91. The molecule has 9 heteroatoms. The number of hydrogen-bond acceptors (Lipinski definition) is 4. The van der Waals surface area contributed by atoms with Crippen molar-refractivity contribution in [2.75, 3.05) is 19.7 Å². The molecule has 186 valence electrons. The number of piperidine rings is 1. The zero-order chi connectivity index (χ0) is 25.2. The smallest absolute Gasteiger partial charge is 0.256 e. The molecule has 2 aliphatic heterocycles. The van der Waals surface area contributed by atoms with E-state index in [1.54, 1.807) is 6.07 Å². The lowest BCUT2D eigenvalue weighted by Gasteiger charge is -2.44. The number of carbonyl (C=O) groups excluding carboxylic acids is 3. The van der Waals surface area contributed by atoms with E-state index in [1.807, 2.05) is 13.8 Å². The van der Waals surface area contributed by atoms with Crippen LogP contribution in [0.5, 0.6) is 0 Å². The molecule has 0 aliphatic carbocycles. The van der Waals surface area contributed by atoms with Crippen molar-refractivity contribution in [1.29, 1.82) is 0 Å². The van der Waals surface area contributed by atoms with E-state index in [0.29, 0.717) is 0 Å². The van der Waals surface area contributed by atoms with Gasteiger partial charge in [0.25, 0.3) is 11.8 Å². The zero-order valence-electron chi connectivity index (χ0n) is 19.8. The summed E-state index contributed by atoms with van der Waals surface area (Å²) in [7, 11) is 0. The van der Waals surface area contributed by atoms with Crippen LogP contribution in [0.3, 0.4) is 0 Å². The number of benzene rings is 2. The minimum Gasteiger partial charge on any atom is -0.353 e. The van der Waals surface area contributed by atoms with Crippen LogP contribution in [0.1, 0.15) is 53.8 Å². The SMILES string of the molecule is CCC(C)NC(=O)C1COC2(CCN(C(=O)c3ccccc3F)CC2)N1C(=O)c1ccc(F)cc1. The van der Waals surface area contributed by atoms with E-state index in [-0.39, 0.29) is 55.6 Å². The molecular weight excluding hydrogens is 456 g/mol. The Balaban J connectivity index is 1.58. The number of halogens is 2. The summed E-state index contributed by atoms with van der Waals surface area (Å²) in [4.78, 5) is 42.5. The van der Waals surface area contributed by atoms with Crippen LogP contribution in [0.25, 0.3) is 0 Å². The van der Waals surface area contributed by atoms with Gasteiger partial charge >= 0.3 is 0 Å². The molecule has 2 aliphatic rings. The summed E-state index contributed by atoms with van der Waals surface area (Å²) in [5, 5.41) is 2.91. The maximum Gasteiger partial charge on any atom is 0.256 e. The van der Waals surface area contributed by atoms with Gasteiger partial charge in [-0.2, -0.15) is 0 Å². The second-order valence-corrected chi connectivity index (χ2v) is 9.04. The monoisotopic (exact) mass is 485 g/mol. The van der Waals surface area contributed by atoms with E-state index < -0.39 is 35.2 Å². The Hall–Kier alpha value is -3.33. The van der Waals surface area contributed by atoms with Crippen molar-refractivity contribution in [2.24, 2.45) is 0 Å². The van der Waals surface area contributed by atoms with Crippen molar-refractivity contribution < 1.29 is 27.9 Å². The molecule has 0 bridgehead atoms. The standard InChI is InChI=1S/C26H29F2N3O4/c1-3-17(2)29-23(32)22-16-35-26(31(22)24(33)18-8-10-19(27)11-9-18)12-14-30(15-13-26)25(34)20-6-4-5-7-21(20)28/h4-11,17,22H,3,12-16H2,1-2H3,(H,29,32). The van der Waals surface area contributed by atoms with Crippen LogP contribution in [-0.2, 0) is 9.53 Å². The number of nitrogens with one attached hydrogen (secondary N) is 1. The van der Waals surface area contributed by atoms with Gasteiger partial charge in [0.15, 0.2) is 0 Å². The van der Waals surface area contributed by atoms with E-state index >= 15 is 0 Å². The van der Waals surface area contributed by atoms with Crippen LogP contribution in [0.4, 0.5) is 8.78 Å². The fourth-order valence-electron chi connectivity index (χ4n) is 4.60. The third-order valence-corrected chi connectivity index (χ3v) is 6.81. The number of ether oxygens (including phenoxy) is 1. The Labute approximate surface area is 203 Å². The molecule has 2 atom stereocenters. The number of amides is 3. The van der Waals surface area contributed by atoms with Crippen molar-refractivity contribution in [2.45, 2.75) is 50.9 Å². The maximum atomic E-state index is 14.2. The van der Waals surface area contributed by atoms with Gasteiger partial charge in [-0.3, -0.25) is 19.3 Å². The fraction of sp³-hybridized carbons (Fsp3) is 0.423. The highest BCUT2D eigenvalue weighted by molar-refractivity contribution is 5.98. The van der Waals surface area contributed by atoms with Gasteiger partial charge in [-0.25, -0.2) is 8.78 Å². The Morgan fingerprint density at radius 3 is 2.34 bits per heavy atom. The van der Waals surface area contributed by atoms with Gasteiger partial charge in [0.2, 0.25) is 5.91 Å². The Bertz CT molecular complexity index is 1100. The summed E-state index contributed by atoms with van der Waals surface area (Å²) < 4.78 is 33.7. The molecule has 4 rings (SSSR count). The number of likely N-dealkylation sites (tertiary alicyclic amines) is 1. The quantitative estimate of drug-likeness (QED) is 0.705. The molecule has 2 heterocycles. The second kappa shape index (κ2) is 10.1. The van der Waals surface area contributed by atoms with Gasteiger partial charge < -0.3 is 15.0 Å². The first-order chi connectivity index (χ1) is 16.8. The summed E-state index contributed by atoms with van der Waals surface area (Å²) in [6.07, 6.45) is 1.24. The lowest BCUT2D eigenvalue weighted by atomic mass is 9.96. The normalized spacial score (nSPS) is 20.1. The van der Waals surface area contributed by atoms with Gasteiger partial charge in [-0.05, 0) is 49.7 Å². The van der Waals surface area contributed by atoms with E-state index in [4.69, 9.17) is 4.74 Å². The highest BCUT2D eigenvalue weighted by Crippen LogP contribution is 2.39. The predicted octanol–water partition coefficient (Wildman–Crippen LogP) is 3.35. The Morgan fingerprint density at radius 2 is 1.71 bits per heavy atom. The molecule has 2 saturated heterocycles. The second-order valence-electron chi connectivity index (χ2n) is 9.04. The highest BCUT2D eigenvalue weighted by atomic mass is 19.1. The minimum absolute atomic E-state index is 0.0104. The zero-order valence-corrected chi connectivity index (χ0v) is 19.8. The van der Waals surface area contributed by atoms with Crippen LogP contribution in [0.15, 0.2) is 48.5 Å². The van der Waals surface area contributed by atoms with Crippen LogP contribution in [0.2, 0.25) is 0 Å². The summed E-state index contributed by atoms with van der Waals surface area (Å²) in [6.45, 7) is 4.28. The molecule has 2 aromatic rings. The molecule has 0 aromatic heterocycles. The molecule has 2 unspecified atom stereocenters. The Kier molecular flexibility index (Phi) is 7.16. The molecule has 0 saturated carbocycles. The summed E-state index contributed by atoms with van der Waals surface area (Å²) in [5.74, 6) is -2.26. The van der Waals surface area contributed by atoms with Crippen LogP contribution >= 0.6 is 0 Å². The van der Waals surface area contributed by atoms with E-state index in [0.717, 1.165) is 6.42 Å². The molecule has 0 radical (unpaired) electrons. The number of nitrogens with zero attached hydrogens (tertiary/aromatic N) is 2. The largest absolute Gasteiger partial charge is 0.353 e. The first kappa shape index (κ1) is 24.8. The lowest BCUT2D eigenvalue weighted by Crippen LogP contribution is -2.60. The summed E-state index contributed by atoms with van der Waals surface area (Å²) in [6, 6.07) is 10.0. The van der Waals surface area contributed by atoms with Gasteiger partial charge in [-0.1, -0.05) is 19.1 Å². The molecule has 7 nitrogen and oxygen atoms in total. The average Bonchev–Trinajstić information content (AvgIpc) is 3.23. The molecule has 2 aromatic carbocycles. The summed E-state index contributed by atoms with van der Waals surface area (Å²) >= 11 is 0. The molecule has 35 heavy (non-hydrogen) atoms.